The van der Waals surface area contributed by atoms with Crippen LogP contribution in [-0.4, -0.2) is 61.6 Å². The standard InChI is InChI=1S/C16H22ClN3O3/c1-11-10-20(7-4-8-23-11)16(22)18-12-5-6-14(17)13(9-12)15(21)19(2)3/h5-6,9,11H,4,7-8,10H2,1-3H3,(H,18,22)/t11-/m1/s1. The number of hydrogen-bond donors (Lipinski definition) is 1. The van der Waals surface area contributed by atoms with Gasteiger partial charge in [-0.05, 0) is 31.5 Å². The first-order chi connectivity index (χ1) is 10.9. The number of nitrogens with zero attached hydrogens (tertiary/aromatic N) is 2. The Bertz CT molecular complexity index is 592. The Kier molecular flexibility index (Phi) is 5.85. The first-order valence-electron chi connectivity index (χ1n) is 7.57. The van der Waals surface area contributed by atoms with Crippen molar-refractivity contribution in [3.63, 3.8) is 0 Å². The molecule has 2 rings (SSSR count). The van der Waals surface area contributed by atoms with Gasteiger partial charge in [0.1, 0.15) is 0 Å². The molecule has 0 radical (unpaired) electrons. The number of amides is 3. The van der Waals surface area contributed by atoms with Crippen molar-refractivity contribution >= 4 is 29.2 Å². The van der Waals surface area contributed by atoms with Crippen molar-refractivity contribution < 1.29 is 14.3 Å². The molecule has 1 aromatic carbocycles. The second-order valence-corrected chi connectivity index (χ2v) is 6.21. The number of nitrogens with one attached hydrogen (secondary N) is 1. The summed E-state index contributed by atoms with van der Waals surface area (Å²) in [5, 5.41) is 3.18. The summed E-state index contributed by atoms with van der Waals surface area (Å²) in [5.41, 5.74) is 0.907. The van der Waals surface area contributed by atoms with Gasteiger partial charge in [-0.2, -0.15) is 0 Å². The molecule has 0 aliphatic carbocycles. The summed E-state index contributed by atoms with van der Waals surface area (Å²) in [7, 11) is 3.31. The van der Waals surface area contributed by atoms with Crippen LogP contribution in [0.4, 0.5) is 10.5 Å². The van der Waals surface area contributed by atoms with Gasteiger partial charge in [0.25, 0.3) is 5.91 Å². The van der Waals surface area contributed by atoms with Crippen LogP contribution in [0.2, 0.25) is 5.02 Å². The summed E-state index contributed by atoms with van der Waals surface area (Å²) in [4.78, 5) is 27.7. The molecule has 1 saturated heterocycles. The highest BCUT2D eigenvalue weighted by molar-refractivity contribution is 6.34. The molecule has 7 heteroatoms. The van der Waals surface area contributed by atoms with E-state index in [-0.39, 0.29) is 18.0 Å². The van der Waals surface area contributed by atoms with Crippen molar-refractivity contribution in [3.8, 4) is 0 Å². The molecule has 0 saturated carbocycles. The molecule has 1 atom stereocenters. The molecule has 0 spiro atoms. The number of hydrogen-bond acceptors (Lipinski definition) is 3. The molecule has 1 aliphatic rings. The Morgan fingerprint density at radius 3 is 2.83 bits per heavy atom. The lowest BCUT2D eigenvalue weighted by atomic mass is 10.2. The third-order valence-corrected chi connectivity index (χ3v) is 3.92. The van der Waals surface area contributed by atoms with Crippen molar-refractivity contribution in [3.05, 3.63) is 28.8 Å². The fourth-order valence-electron chi connectivity index (χ4n) is 2.39. The number of carbonyl (C=O) groups is 2. The summed E-state index contributed by atoms with van der Waals surface area (Å²) in [6, 6.07) is 4.69. The number of ether oxygens (including phenoxy) is 1. The van der Waals surface area contributed by atoms with Gasteiger partial charge in [0.15, 0.2) is 0 Å². The quantitative estimate of drug-likeness (QED) is 0.901. The highest BCUT2D eigenvalue weighted by Crippen LogP contribution is 2.22. The molecule has 126 valence electrons. The van der Waals surface area contributed by atoms with E-state index in [4.69, 9.17) is 16.3 Å². The molecular weight excluding hydrogens is 318 g/mol. The predicted molar refractivity (Wildman–Crippen MR) is 90.1 cm³/mol. The van der Waals surface area contributed by atoms with Gasteiger partial charge >= 0.3 is 6.03 Å². The van der Waals surface area contributed by atoms with Crippen LogP contribution in [0.25, 0.3) is 0 Å². The Morgan fingerprint density at radius 2 is 2.13 bits per heavy atom. The normalized spacial score (nSPS) is 18.3. The van der Waals surface area contributed by atoms with E-state index >= 15 is 0 Å². The Labute approximate surface area is 141 Å². The molecule has 1 heterocycles. The lowest BCUT2D eigenvalue weighted by Crippen LogP contribution is -2.39. The van der Waals surface area contributed by atoms with Gasteiger partial charge in [0.2, 0.25) is 0 Å². The van der Waals surface area contributed by atoms with Gasteiger partial charge in [-0.1, -0.05) is 11.6 Å². The van der Waals surface area contributed by atoms with Gasteiger partial charge < -0.3 is 19.9 Å². The number of benzene rings is 1. The van der Waals surface area contributed by atoms with E-state index in [1.165, 1.54) is 4.90 Å². The maximum Gasteiger partial charge on any atom is 0.321 e. The molecule has 1 aliphatic heterocycles. The fraction of sp³-hybridized carbons (Fsp3) is 0.500. The topological polar surface area (TPSA) is 61.9 Å². The highest BCUT2D eigenvalue weighted by atomic mass is 35.5. The van der Waals surface area contributed by atoms with E-state index in [9.17, 15) is 9.59 Å². The molecule has 1 fully saturated rings. The maximum atomic E-state index is 12.4. The minimum absolute atomic E-state index is 0.0133. The Hall–Kier alpha value is -1.79. The maximum absolute atomic E-state index is 12.4. The van der Waals surface area contributed by atoms with Crippen molar-refractivity contribution in [2.75, 3.05) is 39.1 Å². The molecule has 1 aromatic rings. The van der Waals surface area contributed by atoms with Crippen molar-refractivity contribution in [2.24, 2.45) is 0 Å². The zero-order valence-electron chi connectivity index (χ0n) is 13.6. The Morgan fingerprint density at radius 1 is 1.39 bits per heavy atom. The van der Waals surface area contributed by atoms with E-state index in [1.807, 2.05) is 6.92 Å². The van der Waals surface area contributed by atoms with Gasteiger partial charge in [-0.25, -0.2) is 4.79 Å². The van der Waals surface area contributed by atoms with Gasteiger partial charge in [-0.15, -0.1) is 0 Å². The zero-order chi connectivity index (χ0) is 17.0. The number of urea groups is 1. The number of rotatable bonds is 2. The third kappa shape index (κ3) is 4.59. The molecule has 0 aromatic heterocycles. The Balaban J connectivity index is 2.11. The lowest BCUT2D eigenvalue weighted by Gasteiger charge is -2.22. The van der Waals surface area contributed by atoms with Crippen LogP contribution < -0.4 is 5.32 Å². The molecule has 3 amide bonds. The average Bonchev–Trinajstić information content (AvgIpc) is 2.73. The van der Waals surface area contributed by atoms with E-state index in [1.54, 1.807) is 37.2 Å². The summed E-state index contributed by atoms with van der Waals surface area (Å²) < 4.78 is 5.54. The van der Waals surface area contributed by atoms with Crippen molar-refractivity contribution in [1.82, 2.24) is 9.80 Å². The number of carbonyl (C=O) groups excluding carboxylic acids is 2. The summed E-state index contributed by atoms with van der Waals surface area (Å²) in [6.07, 6.45) is 0.822. The van der Waals surface area contributed by atoms with E-state index < -0.39 is 0 Å². The van der Waals surface area contributed by atoms with Crippen LogP contribution in [0.15, 0.2) is 18.2 Å². The van der Waals surface area contributed by atoms with Crippen LogP contribution in [-0.2, 0) is 4.74 Å². The van der Waals surface area contributed by atoms with Gasteiger partial charge in [-0.3, -0.25) is 4.79 Å². The number of anilines is 1. The van der Waals surface area contributed by atoms with Crippen molar-refractivity contribution in [1.29, 1.82) is 0 Å². The van der Waals surface area contributed by atoms with E-state index in [0.717, 1.165) is 6.42 Å². The molecule has 0 unspecified atom stereocenters. The van der Waals surface area contributed by atoms with Crippen LogP contribution in [0.1, 0.15) is 23.7 Å². The highest BCUT2D eigenvalue weighted by Gasteiger charge is 2.20. The fourth-order valence-corrected chi connectivity index (χ4v) is 2.59. The second-order valence-electron chi connectivity index (χ2n) is 5.81. The molecule has 0 bridgehead atoms. The first-order valence-corrected chi connectivity index (χ1v) is 7.95. The van der Waals surface area contributed by atoms with Crippen LogP contribution >= 0.6 is 11.6 Å². The van der Waals surface area contributed by atoms with E-state index in [2.05, 4.69) is 5.32 Å². The number of halogens is 1. The van der Waals surface area contributed by atoms with Gasteiger partial charge in [0, 0.05) is 39.5 Å². The third-order valence-electron chi connectivity index (χ3n) is 3.59. The monoisotopic (exact) mass is 339 g/mol. The largest absolute Gasteiger partial charge is 0.377 e. The van der Waals surface area contributed by atoms with Crippen molar-refractivity contribution in [2.45, 2.75) is 19.4 Å². The lowest BCUT2D eigenvalue weighted by molar-refractivity contribution is 0.0718. The van der Waals surface area contributed by atoms with E-state index in [0.29, 0.717) is 36.0 Å². The predicted octanol–water partition coefficient (Wildman–Crippen LogP) is 2.68. The second kappa shape index (κ2) is 7.66. The molecule has 23 heavy (non-hydrogen) atoms. The van der Waals surface area contributed by atoms with Gasteiger partial charge in [0.05, 0.1) is 16.7 Å². The molecule has 6 nitrogen and oxygen atoms in total. The molecule has 1 N–H and O–H groups in total. The summed E-state index contributed by atoms with van der Waals surface area (Å²) >= 11 is 6.07. The summed E-state index contributed by atoms with van der Waals surface area (Å²) in [5.74, 6) is -0.206. The zero-order valence-corrected chi connectivity index (χ0v) is 14.4. The average molecular weight is 340 g/mol. The minimum atomic E-state index is -0.206. The SMILES string of the molecule is C[C@@H]1CN(C(=O)Nc2ccc(Cl)c(C(=O)N(C)C)c2)CCCO1. The van der Waals surface area contributed by atoms with Crippen LogP contribution in [0, 0.1) is 0 Å². The smallest absolute Gasteiger partial charge is 0.321 e. The van der Waals surface area contributed by atoms with Crippen LogP contribution in [0.3, 0.4) is 0 Å². The minimum Gasteiger partial charge on any atom is -0.377 e. The van der Waals surface area contributed by atoms with Crippen LogP contribution in [0.5, 0.6) is 0 Å². The molecular formula is C16H22ClN3O3. The summed E-state index contributed by atoms with van der Waals surface area (Å²) in [6.45, 7) is 3.80. The first kappa shape index (κ1) is 17.6.